The molecule has 0 aliphatic carbocycles. The summed E-state index contributed by atoms with van der Waals surface area (Å²) in [5.41, 5.74) is 2.73. The third kappa shape index (κ3) is 3.28. The predicted molar refractivity (Wildman–Crippen MR) is 73.6 cm³/mol. The summed E-state index contributed by atoms with van der Waals surface area (Å²) in [5, 5.41) is 3.83. The van der Waals surface area contributed by atoms with E-state index in [1.165, 1.54) is 17.0 Å². The molecule has 0 aliphatic heterocycles. The molecule has 0 spiro atoms. The van der Waals surface area contributed by atoms with Crippen molar-refractivity contribution in [1.82, 2.24) is 10.3 Å². The zero-order chi connectivity index (χ0) is 13.0. The molecule has 1 aromatic carbocycles. The molecule has 18 heavy (non-hydrogen) atoms. The second kappa shape index (κ2) is 6.27. The Bertz CT molecular complexity index is 502. The summed E-state index contributed by atoms with van der Waals surface area (Å²) in [4.78, 5) is 5.25. The van der Waals surface area contributed by atoms with E-state index in [0.29, 0.717) is 5.02 Å². The summed E-state index contributed by atoms with van der Waals surface area (Å²) < 4.78 is 13.1. The maximum Gasteiger partial charge on any atom is 0.124 e. The number of benzene rings is 1. The molecule has 1 unspecified atom stereocenters. The van der Waals surface area contributed by atoms with Crippen molar-refractivity contribution in [3.63, 3.8) is 0 Å². The van der Waals surface area contributed by atoms with Crippen LogP contribution in [0.1, 0.15) is 23.4 Å². The van der Waals surface area contributed by atoms with Crippen LogP contribution in [0.3, 0.4) is 0 Å². The largest absolute Gasteiger partial charge is 0.310 e. The molecule has 1 N–H and O–H groups in total. The van der Waals surface area contributed by atoms with Crippen LogP contribution in [0.15, 0.2) is 29.9 Å². The molecule has 0 radical (unpaired) electrons. The van der Waals surface area contributed by atoms with Crippen LogP contribution in [-0.2, 0) is 6.42 Å². The Morgan fingerprint density at radius 3 is 2.94 bits per heavy atom. The van der Waals surface area contributed by atoms with Gasteiger partial charge in [-0.2, -0.15) is 0 Å². The van der Waals surface area contributed by atoms with E-state index in [4.69, 9.17) is 11.6 Å². The first-order chi connectivity index (χ1) is 8.70. The highest BCUT2D eigenvalue weighted by Gasteiger charge is 2.15. The summed E-state index contributed by atoms with van der Waals surface area (Å²) in [6, 6.07) is 4.63. The molecule has 2 rings (SSSR count). The highest BCUT2D eigenvalue weighted by Crippen LogP contribution is 2.27. The van der Waals surface area contributed by atoms with Gasteiger partial charge in [-0.3, -0.25) is 4.98 Å². The molecular weight excluding hydrogens is 271 g/mol. The number of thiazole rings is 1. The Balaban J connectivity index is 2.23. The summed E-state index contributed by atoms with van der Waals surface area (Å²) in [6.07, 6.45) is 2.66. The summed E-state index contributed by atoms with van der Waals surface area (Å²) >= 11 is 7.72. The molecule has 5 heteroatoms. The summed E-state index contributed by atoms with van der Waals surface area (Å²) in [7, 11) is 0. The Labute approximate surface area is 115 Å². The van der Waals surface area contributed by atoms with E-state index in [1.54, 1.807) is 17.4 Å². The first-order valence-corrected chi connectivity index (χ1v) is 7.02. The van der Waals surface area contributed by atoms with E-state index < -0.39 is 0 Å². The number of nitrogens with zero attached hydrogens (tertiary/aromatic N) is 1. The molecule has 0 saturated heterocycles. The molecule has 0 bridgehead atoms. The van der Waals surface area contributed by atoms with E-state index >= 15 is 0 Å². The van der Waals surface area contributed by atoms with Gasteiger partial charge in [-0.25, -0.2) is 4.39 Å². The summed E-state index contributed by atoms with van der Waals surface area (Å²) in [6.45, 7) is 2.87. The fourth-order valence-corrected chi connectivity index (χ4v) is 2.81. The van der Waals surface area contributed by atoms with Gasteiger partial charge >= 0.3 is 0 Å². The molecule has 0 aliphatic rings. The van der Waals surface area contributed by atoms with Crippen molar-refractivity contribution in [2.75, 3.05) is 6.54 Å². The average molecular weight is 285 g/mol. The number of nitrogens with one attached hydrogen (secondary N) is 1. The maximum absolute atomic E-state index is 13.1. The highest BCUT2D eigenvalue weighted by atomic mass is 35.5. The second-order valence-corrected chi connectivity index (χ2v) is 5.33. The lowest BCUT2D eigenvalue weighted by molar-refractivity contribution is 0.550. The van der Waals surface area contributed by atoms with E-state index in [-0.39, 0.29) is 11.9 Å². The van der Waals surface area contributed by atoms with E-state index in [2.05, 4.69) is 10.3 Å². The maximum atomic E-state index is 13.1. The van der Waals surface area contributed by atoms with Crippen LogP contribution in [0.4, 0.5) is 4.39 Å². The van der Waals surface area contributed by atoms with Gasteiger partial charge in [0.1, 0.15) is 5.82 Å². The van der Waals surface area contributed by atoms with Crippen molar-refractivity contribution in [3.8, 4) is 0 Å². The minimum atomic E-state index is -0.309. The predicted octanol–water partition coefficient (Wildman–Crippen LogP) is 3.83. The highest BCUT2D eigenvalue weighted by molar-refractivity contribution is 7.09. The SMILES string of the molecule is CCNC(Cc1cncs1)c1ccc(F)cc1Cl. The molecule has 0 saturated carbocycles. The van der Waals surface area contributed by atoms with Gasteiger partial charge in [-0.15, -0.1) is 11.3 Å². The number of halogens is 2. The Kier molecular flexibility index (Phi) is 4.69. The zero-order valence-electron chi connectivity index (χ0n) is 9.99. The standard InChI is InChI=1S/C13H14ClFN2S/c1-2-17-13(6-10-7-16-8-18-10)11-4-3-9(15)5-12(11)14/h3-5,7-8,13,17H,2,6H2,1H3. The van der Waals surface area contributed by atoms with Gasteiger partial charge in [0, 0.05) is 28.6 Å². The molecule has 2 nitrogen and oxygen atoms in total. The third-order valence-electron chi connectivity index (χ3n) is 2.68. The smallest absolute Gasteiger partial charge is 0.124 e. The first kappa shape index (κ1) is 13.5. The van der Waals surface area contributed by atoms with Gasteiger partial charge in [-0.05, 0) is 24.2 Å². The Morgan fingerprint density at radius 1 is 1.50 bits per heavy atom. The fraction of sp³-hybridized carbons (Fsp3) is 0.308. The number of hydrogen-bond acceptors (Lipinski definition) is 3. The van der Waals surface area contributed by atoms with Crippen LogP contribution in [0.5, 0.6) is 0 Å². The molecule has 0 amide bonds. The van der Waals surface area contributed by atoms with Crippen LogP contribution < -0.4 is 5.32 Å². The topological polar surface area (TPSA) is 24.9 Å². The normalized spacial score (nSPS) is 12.6. The van der Waals surface area contributed by atoms with Crippen molar-refractivity contribution in [2.45, 2.75) is 19.4 Å². The lowest BCUT2D eigenvalue weighted by Gasteiger charge is -2.18. The van der Waals surface area contributed by atoms with Crippen molar-refractivity contribution in [1.29, 1.82) is 0 Å². The molecule has 1 heterocycles. The van der Waals surface area contributed by atoms with Crippen LogP contribution in [0, 0.1) is 5.82 Å². The molecule has 1 atom stereocenters. The van der Waals surface area contributed by atoms with Crippen molar-refractivity contribution >= 4 is 22.9 Å². The van der Waals surface area contributed by atoms with Crippen molar-refractivity contribution < 1.29 is 4.39 Å². The Hall–Kier alpha value is -0.970. The average Bonchev–Trinajstić information content (AvgIpc) is 2.81. The van der Waals surface area contributed by atoms with Crippen molar-refractivity contribution in [3.05, 3.63) is 51.2 Å². The van der Waals surface area contributed by atoms with E-state index in [1.807, 2.05) is 18.6 Å². The molecule has 2 aromatic rings. The van der Waals surface area contributed by atoms with Gasteiger partial charge in [0.25, 0.3) is 0 Å². The summed E-state index contributed by atoms with van der Waals surface area (Å²) in [5.74, 6) is -0.309. The number of likely N-dealkylation sites (N-methyl/N-ethyl adjacent to an activating group) is 1. The van der Waals surface area contributed by atoms with Gasteiger partial charge in [0.15, 0.2) is 0 Å². The quantitative estimate of drug-likeness (QED) is 0.903. The van der Waals surface area contributed by atoms with E-state index in [9.17, 15) is 4.39 Å². The fourth-order valence-electron chi connectivity index (χ4n) is 1.87. The van der Waals surface area contributed by atoms with Crippen LogP contribution in [0.2, 0.25) is 5.02 Å². The number of aromatic nitrogens is 1. The Morgan fingerprint density at radius 2 is 2.33 bits per heavy atom. The van der Waals surface area contributed by atoms with Gasteiger partial charge < -0.3 is 5.32 Å². The molecular formula is C13H14ClFN2S. The zero-order valence-corrected chi connectivity index (χ0v) is 11.6. The number of hydrogen-bond donors (Lipinski definition) is 1. The van der Waals surface area contributed by atoms with Gasteiger partial charge in [-0.1, -0.05) is 24.6 Å². The number of rotatable bonds is 5. The molecule has 1 aromatic heterocycles. The third-order valence-corrected chi connectivity index (χ3v) is 3.81. The van der Waals surface area contributed by atoms with Crippen molar-refractivity contribution in [2.24, 2.45) is 0 Å². The van der Waals surface area contributed by atoms with Gasteiger partial charge in [0.2, 0.25) is 0 Å². The van der Waals surface area contributed by atoms with Crippen LogP contribution in [-0.4, -0.2) is 11.5 Å². The molecule has 96 valence electrons. The minimum absolute atomic E-state index is 0.0866. The van der Waals surface area contributed by atoms with Crippen LogP contribution in [0.25, 0.3) is 0 Å². The first-order valence-electron chi connectivity index (χ1n) is 5.76. The van der Waals surface area contributed by atoms with Crippen LogP contribution >= 0.6 is 22.9 Å². The second-order valence-electron chi connectivity index (χ2n) is 3.95. The lowest BCUT2D eigenvalue weighted by atomic mass is 10.0. The lowest BCUT2D eigenvalue weighted by Crippen LogP contribution is -2.23. The van der Waals surface area contributed by atoms with Gasteiger partial charge in [0.05, 0.1) is 5.51 Å². The monoisotopic (exact) mass is 284 g/mol. The molecule has 0 fully saturated rings. The van der Waals surface area contributed by atoms with E-state index in [0.717, 1.165) is 18.5 Å². The minimum Gasteiger partial charge on any atom is -0.310 e.